The predicted molar refractivity (Wildman–Crippen MR) is 118 cm³/mol. The first-order valence-corrected chi connectivity index (χ1v) is 11.9. The van der Waals surface area contributed by atoms with Crippen LogP contribution >= 0.6 is 35.1 Å². The molecule has 0 aliphatic carbocycles. The normalized spacial score (nSPS) is 16.7. The molecule has 28 heavy (non-hydrogen) atoms. The summed E-state index contributed by atoms with van der Waals surface area (Å²) in [6.45, 7) is 0. The van der Waals surface area contributed by atoms with E-state index in [1.165, 1.54) is 0 Å². The molecule has 148 valence electrons. The van der Waals surface area contributed by atoms with Crippen LogP contribution in [-0.4, -0.2) is 35.6 Å². The molecule has 1 aliphatic rings. The second-order valence-electron chi connectivity index (χ2n) is 6.55. The van der Waals surface area contributed by atoms with Crippen LogP contribution in [0.4, 0.5) is 0 Å². The van der Waals surface area contributed by atoms with E-state index in [9.17, 15) is 9.59 Å². The molecule has 2 N–H and O–H groups in total. The number of halogens is 1. The Hall–Kier alpha value is -1.63. The number of fused-ring (bicyclic) bond motifs is 1. The number of carbonyl (C=O) groups excluding carboxylic acids is 2. The van der Waals surface area contributed by atoms with Crippen LogP contribution in [0.2, 0.25) is 5.02 Å². The highest BCUT2D eigenvalue weighted by atomic mass is 35.5. The molecule has 7 heteroatoms. The van der Waals surface area contributed by atoms with Gasteiger partial charge in [-0.2, -0.15) is 11.8 Å². The largest absolute Gasteiger partial charge is 0.347 e. The highest BCUT2D eigenvalue weighted by Crippen LogP contribution is 2.37. The second-order valence-corrected chi connectivity index (χ2v) is 9.11. The first-order chi connectivity index (χ1) is 13.6. The number of nitrogens with one attached hydrogen (secondary N) is 2. The highest BCUT2D eigenvalue weighted by molar-refractivity contribution is 7.99. The van der Waals surface area contributed by atoms with Gasteiger partial charge in [-0.1, -0.05) is 29.8 Å². The number of rotatable bonds is 7. The lowest BCUT2D eigenvalue weighted by molar-refractivity contribution is -0.123. The van der Waals surface area contributed by atoms with Gasteiger partial charge in [0.15, 0.2) is 0 Å². The maximum absolute atomic E-state index is 13.0. The lowest BCUT2D eigenvalue weighted by Crippen LogP contribution is -2.48. The van der Waals surface area contributed by atoms with E-state index < -0.39 is 6.04 Å². The van der Waals surface area contributed by atoms with E-state index in [4.69, 9.17) is 11.6 Å². The zero-order chi connectivity index (χ0) is 19.9. The SMILES string of the molecule is CSCCC(NC(=O)c1ccccc1)C(=O)NC1CCSc2ccc(Cl)cc21. The van der Waals surface area contributed by atoms with Crippen LogP contribution in [0.15, 0.2) is 53.4 Å². The Balaban J connectivity index is 1.72. The molecule has 0 bridgehead atoms. The van der Waals surface area contributed by atoms with Gasteiger partial charge in [0.05, 0.1) is 6.04 Å². The molecule has 0 fully saturated rings. The molecule has 2 aromatic rings. The van der Waals surface area contributed by atoms with Crippen LogP contribution in [0, 0.1) is 0 Å². The van der Waals surface area contributed by atoms with E-state index in [1.807, 2.05) is 42.7 Å². The zero-order valence-corrected chi connectivity index (χ0v) is 18.0. The van der Waals surface area contributed by atoms with Gasteiger partial charge in [-0.3, -0.25) is 9.59 Å². The van der Waals surface area contributed by atoms with Crippen molar-refractivity contribution in [3.05, 3.63) is 64.7 Å². The molecule has 2 unspecified atom stereocenters. The van der Waals surface area contributed by atoms with Crippen molar-refractivity contribution >= 4 is 46.9 Å². The number of carbonyl (C=O) groups is 2. The molecule has 4 nitrogen and oxygen atoms in total. The minimum atomic E-state index is -0.572. The van der Waals surface area contributed by atoms with Gasteiger partial charge in [0.1, 0.15) is 6.04 Å². The van der Waals surface area contributed by atoms with Gasteiger partial charge in [-0.15, -0.1) is 11.8 Å². The van der Waals surface area contributed by atoms with Crippen molar-refractivity contribution in [3.63, 3.8) is 0 Å². The number of amides is 2. The van der Waals surface area contributed by atoms with Crippen molar-refractivity contribution in [2.24, 2.45) is 0 Å². The molecule has 3 rings (SSSR count). The summed E-state index contributed by atoms with van der Waals surface area (Å²) >= 11 is 9.59. The first-order valence-electron chi connectivity index (χ1n) is 9.16. The van der Waals surface area contributed by atoms with Crippen molar-refractivity contribution in [2.45, 2.75) is 29.8 Å². The summed E-state index contributed by atoms with van der Waals surface area (Å²) in [4.78, 5) is 26.7. The standard InChI is InChI=1S/C21H23ClN2O2S2/c1-27-11-9-18(24-20(25)14-5-3-2-4-6-14)21(26)23-17-10-12-28-19-8-7-15(22)13-16(17)19/h2-8,13,17-18H,9-12H2,1H3,(H,23,26)(H,24,25). The fourth-order valence-corrected chi connectivity index (χ4v) is 4.88. The summed E-state index contributed by atoms with van der Waals surface area (Å²) in [5, 5.41) is 6.69. The quantitative estimate of drug-likeness (QED) is 0.671. The summed E-state index contributed by atoms with van der Waals surface area (Å²) in [7, 11) is 0. The van der Waals surface area contributed by atoms with Crippen LogP contribution < -0.4 is 10.6 Å². The molecule has 2 amide bonds. The summed E-state index contributed by atoms with van der Waals surface area (Å²) in [6.07, 6.45) is 3.41. The van der Waals surface area contributed by atoms with Gasteiger partial charge < -0.3 is 10.6 Å². The first kappa shape index (κ1) is 21.1. The van der Waals surface area contributed by atoms with Gasteiger partial charge in [-0.25, -0.2) is 0 Å². The minimum Gasteiger partial charge on any atom is -0.347 e. The van der Waals surface area contributed by atoms with Crippen LogP contribution in [0.25, 0.3) is 0 Å². The smallest absolute Gasteiger partial charge is 0.251 e. The van der Waals surface area contributed by atoms with E-state index in [-0.39, 0.29) is 17.9 Å². The summed E-state index contributed by atoms with van der Waals surface area (Å²) in [6, 6.07) is 14.1. The average molecular weight is 435 g/mol. The second kappa shape index (κ2) is 10.2. The maximum atomic E-state index is 13.0. The number of hydrogen-bond acceptors (Lipinski definition) is 4. The van der Waals surface area contributed by atoms with Gasteiger partial charge in [0, 0.05) is 21.2 Å². The number of hydrogen-bond donors (Lipinski definition) is 2. The Labute approximate surface area is 179 Å². The molecule has 1 heterocycles. The Bertz CT molecular complexity index is 832. The molecule has 0 radical (unpaired) electrons. The molecule has 0 saturated heterocycles. The number of benzene rings is 2. The molecular formula is C21H23ClN2O2S2. The highest BCUT2D eigenvalue weighted by Gasteiger charge is 2.27. The zero-order valence-electron chi connectivity index (χ0n) is 15.6. The number of thioether (sulfide) groups is 2. The fourth-order valence-electron chi connectivity index (χ4n) is 3.12. The van der Waals surface area contributed by atoms with Crippen molar-refractivity contribution < 1.29 is 9.59 Å². The maximum Gasteiger partial charge on any atom is 0.251 e. The van der Waals surface area contributed by atoms with Gasteiger partial charge in [-0.05, 0) is 60.7 Å². The topological polar surface area (TPSA) is 58.2 Å². The predicted octanol–water partition coefficient (Wildman–Crippen LogP) is 4.54. The third-order valence-corrected chi connectivity index (χ3v) is 6.60. The van der Waals surface area contributed by atoms with E-state index in [2.05, 4.69) is 10.6 Å². The Kier molecular flexibility index (Phi) is 7.71. The Morgan fingerprint density at radius 2 is 2.04 bits per heavy atom. The van der Waals surface area contributed by atoms with E-state index >= 15 is 0 Å². The monoisotopic (exact) mass is 434 g/mol. The summed E-state index contributed by atoms with van der Waals surface area (Å²) < 4.78 is 0. The Morgan fingerprint density at radius 1 is 1.25 bits per heavy atom. The third-order valence-electron chi connectivity index (χ3n) is 4.60. The van der Waals surface area contributed by atoms with Gasteiger partial charge in [0.25, 0.3) is 5.91 Å². The van der Waals surface area contributed by atoms with E-state index in [1.54, 1.807) is 35.7 Å². The molecule has 2 atom stereocenters. The van der Waals surface area contributed by atoms with Crippen molar-refractivity contribution in [2.75, 3.05) is 17.8 Å². The molecule has 2 aromatic carbocycles. The molecule has 0 aromatic heterocycles. The van der Waals surface area contributed by atoms with E-state index in [0.29, 0.717) is 17.0 Å². The van der Waals surface area contributed by atoms with Crippen LogP contribution in [0.3, 0.4) is 0 Å². The van der Waals surface area contributed by atoms with Gasteiger partial charge >= 0.3 is 0 Å². The summed E-state index contributed by atoms with van der Waals surface area (Å²) in [5.74, 6) is 1.34. The van der Waals surface area contributed by atoms with Crippen LogP contribution in [0.1, 0.15) is 34.8 Å². The van der Waals surface area contributed by atoms with Crippen molar-refractivity contribution in [1.29, 1.82) is 0 Å². The van der Waals surface area contributed by atoms with Crippen molar-refractivity contribution in [1.82, 2.24) is 10.6 Å². The van der Waals surface area contributed by atoms with E-state index in [0.717, 1.165) is 28.4 Å². The van der Waals surface area contributed by atoms with Crippen LogP contribution in [-0.2, 0) is 4.79 Å². The minimum absolute atomic E-state index is 0.0899. The third kappa shape index (κ3) is 5.46. The lowest BCUT2D eigenvalue weighted by Gasteiger charge is -2.28. The Morgan fingerprint density at radius 3 is 2.79 bits per heavy atom. The molecule has 0 spiro atoms. The summed E-state index contributed by atoms with van der Waals surface area (Å²) in [5.41, 5.74) is 1.60. The fraction of sp³-hybridized carbons (Fsp3) is 0.333. The lowest BCUT2D eigenvalue weighted by atomic mass is 10.0. The molecular weight excluding hydrogens is 412 g/mol. The van der Waals surface area contributed by atoms with Crippen LogP contribution in [0.5, 0.6) is 0 Å². The average Bonchev–Trinajstić information content (AvgIpc) is 2.72. The van der Waals surface area contributed by atoms with Gasteiger partial charge in [0.2, 0.25) is 5.91 Å². The molecule has 1 aliphatic heterocycles. The van der Waals surface area contributed by atoms with Crippen molar-refractivity contribution in [3.8, 4) is 0 Å². The molecule has 0 saturated carbocycles.